The van der Waals surface area contributed by atoms with Gasteiger partial charge in [-0.3, -0.25) is 0 Å². The van der Waals surface area contributed by atoms with Crippen molar-refractivity contribution in [1.82, 2.24) is 9.97 Å². The molecular formula is C26H20N2S. The van der Waals surface area contributed by atoms with Crippen molar-refractivity contribution in [3.63, 3.8) is 0 Å². The number of pyridine rings is 2. The summed E-state index contributed by atoms with van der Waals surface area (Å²) in [5, 5.41) is 3.61. The van der Waals surface area contributed by atoms with E-state index in [4.69, 9.17) is 4.98 Å². The van der Waals surface area contributed by atoms with Crippen LogP contribution in [0.15, 0.2) is 94.9 Å². The van der Waals surface area contributed by atoms with E-state index in [1.165, 1.54) is 26.1 Å². The average molecular weight is 393 g/mol. The molecule has 29 heavy (non-hydrogen) atoms. The highest BCUT2D eigenvalue weighted by Gasteiger charge is 2.11. The SMILES string of the molecule is Cc1cccc(-c2cc(Sc3ccc4ccccc4c3)c3cc(C)cnc3n2)c1. The van der Waals surface area contributed by atoms with Gasteiger partial charge in [-0.15, -0.1) is 0 Å². The quantitative estimate of drug-likeness (QED) is 0.324. The summed E-state index contributed by atoms with van der Waals surface area (Å²) in [6, 6.07) is 27.9. The fourth-order valence-electron chi connectivity index (χ4n) is 3.58. The number of nitrogens with zero attached hydrogens (tertiary/aromatic N) is 2. The maximum atomic E-state index is 4.86. The molecular weight excluding hydrogens is 372 g/mol. The minimum atomic E-state index is 0.790. The second kappa shape index (κ2) is 7.34. The molecule has 2 nitrogen and oxygen atoms in total. The zero-order valence-corrected chi connectivity index (χ0v) is 17.2. The Morgan fingerprint density at radius 3 is 2.45 bits per heavy atom. The molecule has 2 heterocycles. The van der Waals surface area contributed by atoms with Crippen molar-refractivity contribution >= 4 is 33.6 Å². The molecule has 0 radical (unpaired) electrons. The van der Waals surface area contributed by atoms with E-state index in [9.17, 15) is 0 Å². The van der Waals surface area contributed by atoms with Gasteiger partial charge in [0, 0.05) is 26.9 Å². The maximum Gasteiger partial charge on any atom is 0.160 e. The molecule has 0 saturated carbocycles. The smallest absolute Gasteiger partial charge is 0.160 e. The van der Waals surface area contributed by atoms with E-state index in [0.717, 1.165) is 27.9 Å². The first kappa shape index (κ1) is 17.9. The molecule has 0 amide bonds. The third-order valence-corrected chi connectivity index (χ3v) is 6.07. The predicted molar refractivity (Wildman–Crippen MR) is 123 cm³/mol. The van der Waals surface area contributed by atoms with E-state index in [2.05, 4.69) is 97.7 Å². The topological polar surface area (TPSA) is 25.8 Å². The summed E-state index contributed by atoms with van der Waals surface area (Å²) >= 11 is 1.77. The molecule has 2 aromatic heterocycles. The van der Waals surface area contributed by atoms with Crippen LogP contribution in [0.5, 0.6) is 0 Å². The van der Waals surface area contributed by atoms with Crippen LogP contribution in [0.25, 0.3) is 33.1 Å². The van der Waals surface area contributed by atoms with Gasteiger partial charge >= 0.3 is 0 Å². The molecule has 0 aliphatic rings. The van der Waals surface area contributed by atoms with Crippen LogP contribution in [0, 0.1) is 13.8 Å². The van der Waals surface area contributed by atoms with Crippen LogP contribution in [0.3, 0.4) is 0 Å². The van der Waals surface area contributed by atoms with Gasteiger partial charge in [0.05, 0.1) is 5.69 Å². The molecule has 0 atom stereocenters. The molecule has 3 aromatic carbocycles. The van der Waals surface area contributed by atoms with Crippen LogP contribution in [0.4, 0.5) is 0 Å². The van der Waals surface area contributed by atoms with E-state index in [1.54, 1.807) is 11.8 Å². The highest BCUT2D eigenvalue weighted by atomic mass is 32.2. The third-order valence-electron chi connectivity index (χ3n) is 5.03. The van der Waals surface area contributed by atoms with Crippen LogP contribution >= 0.6 is 11.8 Å². The van der Waals surface area contributed by atoms with Crippen LogP contribution in [0.1, 0.15) is 11.1 Å². The second-order valence-corrected chi connectivity index (χ2v) is 8.49. The number of benzene rings is 3. The van der Waals surface area contributed by atoms with Crippen molar-refractivity contribution in [1.29, 1.82) is 0 Å². The van der Waals surface area contributed by atoms with Gasteiger partial charge in [-0.05, 0) is 60.5 Å². The molecule has 0 fully saturated rings. The van der Waals surface area contributed by atoms with Gasteiger partial charge in [0.15, 0.2) is 5.65 Å². The Labute approximate surface area is 174 Å². The fourth-order valence-corrected chi connectivity index (χ4v) is 4.58. The summed E-state index contributed by atoms with van der Waals surface area (Å²) in [7, 11) is 0. The largest absolute Gasteiger partial charge is 0.236 e. The Balaban J connectivity index is 1.66. The summed E-state index contributed by atoms with van der Waals surface area (Å²) in [6.07, 6.45) is 1.89. The van der Waals surface area contributed by atoms with Gasteiger partial charge in [0.1, 0.15) is 0 Å². The van der Waals surface area contributed by atoms with E-state index < -0.39 is 0 Å². The van der Waals surface area contributed by atoms with E-state index in [1.807, 2.05) is 6.20 Å². The lowest BCUT2D eigenvalue weighted by molar-refractivity contribution is 1.23. The molecule has 0 bridgehead atoms. The molecule has 140 valence electrons. The fraction of sp³-hybridized carbons (Fsp3) is 0.0769. The Hall–Kier alpha value is -3.17. The number of hydrogen-bond donors (Lipinski definition) is 0. The summed E-state index contributed by atoms with van der Waals surface area (Å²) in [6.45, 7) is 4.18. The summed E-state index contributed by atoms with van der Waals surface area (Å²) in [5.74, 6) is 0. The van der Waals surface area contributed by atoms with Gasteiger partial charge in [-0.1, -0.05) is 65.9 Å². The summed E-state index contributed by atoms with van der Waals surface area (Å²) in [5.41, 5.74) is 5.24. The number of hydrogen-bond acceptors (Lipinski definition) is 3. The van der Waals surface area contributed by atoms with Crippen molar-refractivity contribution in [3.05, 3.63) is 96.2 Å². The zero-order chi connectivity index (χ0) is 19.8. The van der Waals surface area contributed by atoms with E-state index in [-0.39, 0.29) is 0 Å². The van der Waals surface area contributed by atoms with Crippen LogP contribution in [0.2, 0.25) is 0 Å². The minimum Gasteiger partial charge on any atom is -0.236 e. The maximum absolute atomic E-state index is 4.86. The first-order valence-corrected chi connectivity index (χ1v) is 10.5. The van der Waals surface area contributed by atoms with Crippen LogP contribution in [-0.2, 0) is 0 Å². The van der Waals surface area contributed by atoms with Gasteiger partial charge in [-0.25, -0.2) is 9.97 Å². The average Bonchev–Trinajstić information content (AvgIpc) is 2.74. The van der Waals surface area contributed by atoms with Gasteiger partial charge in [0.2, 0.25) is 0 Å². The van der Waals surface area contributed by atoms with Crippen molar-refractivity contribution in [2.24, 2.45) is 0 Å². The van der Waals surface area contributed by atoms with Gasteiger partial charge in [-0.2, -0.15) is 0 Å². The zero-order valence-electron chi connectivity index (χ0n) is 16.4. The lowest BCUT2D eigenvalue weighted by Gasteiger charge is -2.11. The monoisotopic (exact) mass is 392 g/mol. The third kappa shape index (κ3) is 3.62. The Kier molecular flexibility index (Phi) is 4.53. The molecule has 0 N–H and O–H groups in total. The van der Waals surface area contributed by atoms with Crippen LogP contribution in [-0.4, -0.2) is 9.97 Å². The normalized spacial score (nSPS) is 11.2. The van der Waals surface area contributed by atoms with Gasteiger partial charge < -0.3 is 0 Å². The number of aromatic nitrogens is 2. The first-order chi connectivity index (χ1) is 14.2. The van der Waals surface area contributed by atoms with Crippen LogP contribution < -0.4 is 0 Å². The number of fused-ring (bicyclic) bond motifs is 2. The van der Waals surface area contributed by atoms with E-state index in [0.29, 0.717) is 0 Å². The highest BCUT2D eigenvalue weighted by Crippen LogP contribution is 2.36. The van der Waals surface area contributed by atoms with Crippen molar-refractivity contribution in [2.45, 2.75) is 23.6 Å². The van der Waals surface area contributed by atoms with E-state index >= 15 is 0 Å². The molecule has 0 aliphatic carbocycles. The molecule has 0 spiro atoms. The summed E-state index contributed by atoms with van der Waals surface area (Å²) in [4.78, 5) is 11.9. The Bertz CT molecular complexity index is 1360. The highest BCUT2D eigenvalue weighted by molar-refractivity contribution is 7.99. The Morgan fingerprint density at radius 1 is 0.724 bits per heavy atom. The van der Waals surface area contributed by atoms with Crippen molar-refractivity contribution in [3.8, 4) is 11.3 Å². The lowest BCUT2D eigenvalue weighted by Crippen LogP contribution is -1.92. The minimum absolute atomic E-state index is 0.790. The first-order valence-electron chi connectivity index (χ1n) is 9.67. The molecule has 0 unspecified atom stereocenters. The molecule has 5 rings (SSSR count). The number of rotatable bonds is 3. The van der Waals surface area contributed by atoms with Gasteiger partial charge in [0.25, 0.3) is 0 Å². The second-order valence-electron chi connectivity index (χ2n) is 7.37. The van der Waals surface area contributed by atoms with Crippen molar-refractivity contribution in [2.75, 3.05) is 0 Å². The molecule has 5 aromatic rings. The lowest BCUT2D eigenvalue weighted by atomic mass is 10.1. The standard InChI is InChI=1S/C26H20N2S/c1-17-6-5-9-21(12-17)24-15-25(23-13-18(2)16-27-26(23)28-24)29-22-11-10-19-7-3-4-8-20(19)14-22/h3-16H,1-2H3. The summed E-state index contributed by atoms with van der Waals surface area (Å²) < 4.78 is 0. The van der Waals surface area contributed by atoms with Crippen molar-refractivity contribution < 1.29 is 0 Å². The molecule has 0 saturated heterocycles. The molecule has 3 heteroatoms. The predicted octanol–water partition coefficient (Wildman–Crippen LogP) is 7.22. The molecule has 0 aliphatic heterocycles. The Morgan fingerprint density at radius 2 is 1.59 bits per heavy atom. The number of aryl methyl sites for hydroxylation is 2.